The minimum absolute atomic E-state index is 0.0315. The van der Waals surface area contributed by atoms with Gasteiger partial charge in [0.25, 0.3) is 5.91 Å². The van der Waals surface area contributed by atoms with E-state index in [0.29, 0.717) is 31.7 Å². The van der Waals surface area contributed by atoms with Crippen molar-refractivity contribution in [3.8, 4) is 11.3 Å². The molecule has 2 aromatic carbocycles. The third kappa shape index (κ3) is 6.16. The van der Waals surface area contributed by atoms with E-state index in [1.807, 2.05) is 48.2 Å². The second kappa shape index (κ2) is 11.6. The first-order valence-corrected chi connectivity index (χ1v) is 12.3. The second-order valence-electron chi connectivity index (χ2n) is 9.20. The van der Waals surface area contributed by atoms with Crippen LogP contribution in [0.25, 0.3) is 11.3 Å². The van der Waals surface area contributed by atoms with E-state index in [-0.39, 0.29) is 18.4 Å². The number of aromatic nitrogens is 2. The average Bonchev–Trinajstić information content (AvgIpc) is 3.16. The highest BCUT2D eigenvalue weighted by atomic mass is 16.2. The van der Waals surface area contributed by atoms with Gasteiger partial charge in [-0.15, -0.1) is 16.8 Å². The molecule has 2 amide bonds. The number of hydrogen-bond acceptors (Lipinski definition) is 5. The SMILES string of the molecule is C=CCN(CC(=O)N1CCCN(c2ccc(-c3ccc(C)cc3)nn2)CC1)C(=O)c1ccc(C)cc1. The minimum Gasteiger partial charge on any atom is -0.353 e. The zero-order valence-corrected chi connectivity index (χ0v) is 21.1. The Morgan fingerprint density at radius 1 is 0.889 bits per heavy atom. The fraction of sp³-hybridized carbons (Fsp3) is 0.310. The van der Waals surface area contributed by atoms with Crippen molar-refractivity contribution < 1.29 is 9.59 Å². The molecule has 0 saturated carbocycles. The number of amides is 2. The molecule has 0 radical (unpaired) electrons. The van der Waals surface area contributed by atoms with Gasteiger partial charge in [0.05, 0.1) is 5.69 Å². The second-order valence-corrected chi connectivity index (χ2v) is 9.20. The van der Waals surface area contributed by atoms with Crippen LogP contribution >= 0.6 is 0 Å². The Morgan fingerprint density at radius 2 is 1.58 bits per heavy atom. The summed E-state index contributed by atoms with van der Waals surface area (Å²) < 4.78 is 0. The molecular formula is C29H33N5O2. The van der Waals surface area contributed by atoms with Gasteiger partial charge < -0.3 is 14.7 Å². The van der Waals surface area contributed by atoms with Crippen molar-refractivity contribution in [2.75, 3.05) is 44.2 Å². The Labute approximate surface area is 213 Å². The lowest BCUT2D eigenvalue weighted by atomic mass is 10.1. The van der Waals surface area contributed by atoms with Crippen molar-refractivity contribution in [3.63, 3.8) is 0 Å². The van der Waals surface area contributed by atoms with Gasteiger partial charge in [-0.2, -0.15) is 0 Å². The summed E-state index contributed by atoms with van der Waals surface area (Å²) in [4.78, 5) is 31.7. The third-order valence-corrected chi connectivity index (χ3v) is 6.43. The number of carbonyl (C=O) groups excluding carboxylic acids is 2. The summed E-state index contributed by atoms with van der Waals surface area (Å²) in [5, 5.41) is 8.88. The highest BCUT2D eigenvalue weighted by molar-refractivity contribution is 5.96. The molecule has 4 rings (SSSR count). The Hall–Kier alpha value is -4.00. The molecule has 1 aliphatic rings. The van der Waals surface area contributed by atoms with Crippen molar-refractivity contribution in [2.45, 2.75) is 20.3 Å². The molecule has 7 heteroatoms. The molecule has 0 N–H and O–H groups in total. The van der Waals surface area contributed by atoms with Gasteiger partial charge in [0.2, 0.25) is 5.91 Å². The van der Waals surface area contributed by atoms with Gasteiger partial charge in [0.1, 0.15) is 6.54 Å². The van der Waals surface area contributed by atoms with E-state index in [9.17, 15) is 9.59 Å². The van der Waals surface area contributed by atoms with Crippen LogP contribution in [0.1, 0.15) is 27.9 Å². The standard InChI is InChI=1S/C29H33N5O2/c1-4-16-34(29(36)25-12-8-23(3)9-13-25)21-28(35)33-18-5-17-32(19-20-33)27-15-14-26(30-31-27)24-10-6-22(2)7-11-24/h4,6-15H,1,5,16-21H2,2-3H3. The first-order chi connectivity index (χ1) is 17.4. The van der Waals surface area contributed by atoms with E-state index >= 15 is 0 Å². The lowest BCUT2D eigenvalue weighted by Crippen LogP contribution is -2.44. The molecule has 2 heterocycles. The summed E-state index contributed by atoms with van der Waals surface area (Å²) in [6.07, 6.45) is 2.48. The highest BCUT2D eigenvalue weighted by Crippen LogP contribution is 2.20. The van der Waals surface area contributed by atoms with Crippen LogP contribution in [-0.2, 0) is 4.79 Å². The van der Waals surface area contributed by atoms with Crippen LogP contribution in [0.3, 0.4) is 0 Å². The first kappa shape index (κ1) is 25.1. The van der Waals surface area contributed by atoms with Gasteiger partial charge in [-0.1, -0.05) is 53.6 Å². The zero-order valence-electron chi connectivity index (χ0n) is 21.1. The summed E-state index contributed by atoms with van der Waals surface area (Å²) >= 11 is 0. The number of hydrogen-bond donors (Lipinski definition) is 0. The summed E-state index contributed by atoms with van der Waals surface area (Å²) in [5.74, 6) is 0.589. The van der Waals surface area contributed by atoms with Crippen LogP contribution in [-0.4, -0.2) is 71.1 Å². The van der Waals surface area contributed by atoms with Crippen molar-refractivity contribution in [1.82, 2.24) is 20.0 Å². The smallest absolute Gasteiger partial charge is 0.254 e. The van der Waals surface area contributed by atoms with Crippen LogP contribution in [0.5, 0.6) is 0 Å². The van der Waals surface area contributed by atoms with E-state index in [1.54, 1.807) is 23.1 Å². The summed E-state index contributed by atoms with van der Waals surface area (Å²) in [6.45, 7) is 10.8. The highest BCUT2D eigenvalue weighted by Gasteiger charge is 2.24. The van der Waals surface area contributed by atoms with E-state index in [0.717, 1.165) is 35.6 Å². The van der Waals surface area contributed by atoms with E-state index in [4.69, 9.17) is 0 Å². The predicted octanol–water partition coefficient (Wildman–Crippen LogP) is 4.13. The Bertz CT molecular complexity index is 1190. The molecule has 0 spiro atoms. The molecule has 1 saturated heterocycles. The normalized spacial score (nSPS) is 13.7. The van der Waals surface area contributed by atoms with Gasteiger partial charge in [0, 0.05) is 43.9 Å². The summed E-state index contributed by atoms with van der Waals surface area (Å²) in [6, 6.07) is 19.6. The maximum Gasteiger partial charge on any atom is 0.254 e. The summed E-state index contributed by atoms with van der Waals surface area (Å²) in [5.41, 5.74) is 4.74. The van der Waals surface area contributed by atoms with Crippen molar-refractivity contribution >= 4 is 17.6 Å². The monoisotopic (exact) mass is 483 g/mol. The lowest BCUT2D eigenvalue weighted by molar-refractivity contribution is -0.131. The molecule has 0 aliphatic carbocycles. The van der Waals surface area contributed by atoms with Gasteiger partial charge in [0.15, 0.2) is 5.82 Å². The fourth-order valence-corrected chi connectivity index (χ4v) is 4.29. The molecule has 1 aromatic heterocycles. The van der Waals surface area contributed by atoms with Gasteiger partial charge >= 0.3 is 0 Å². The van der Waals surface area contributed by atoms with Gasteiger partial charge in [-0.25, -0.2) is 0 Å². The lowest BCUT2D eigenvalue weighted by Gasteiger charge is -2.26. The zero-order chi connectivity index (χ0) is 25.5. The molecule has 0 bridgehead atoms. The largest absolute Gasteiger partial charge is 0.353 e. The molecule has 1 aliphatic heterocycles. The Kier molecular flexibility index (Phi) is 8.10. The molecule has 1 fully saturated rings. The van der Waals surface area contributed by atoms with Crippen LogP contribution in [0, 0.1) is 13.8 Å². The predicted molar refractivity (Wildman–Crippen MR) is 143 cm³/mol. The first-order valence-electron chi connectivity index (χ1n) is 12.3. The van der Waals surface area contributed by atoms with Gasteiger partial charge in [-0.3, -0.25) is 9.59 Å². The number of rotatable bonds is 7. The Morgan fingerprint density at radius 3 is 2.22 bits per heavy atom. The topological polar surface area (TPSA) is 69.6 Å². The van der Waals surface area contributed by atoms with Crippen LogP contribution in [0.2, 0.25) is 0 Å². The van der Waals surface area contributed by atoms with Gasteiger partial charge in [-0.05, 0) is 44.5 Å². The molecule has 0 unspecified atom stereocenters. The quantitative estimate of drug-likeness (QED) is 0.473. The van der Waals surface area contributed by atoms with E-state index in [1.165, 1.54) is 5.56 Å². The van der Waals surface area contributed by atoms with Crippen molar-refractivity contribution in [3.05, 3.63) is 90.0 Å². The van der Waals surface area contributed by atoms with E-state index < -0.39 is 0 Å². The maximum atomic E-state index is 13.1. The number of carbonyl (C=O) groups is 2. The molecule has 7 nitrogen and oxygen atoms in total. The molecule has 186 valence electrons. The number of aryl methyl sites for hydroxylation is 2. The molecule has 3 aromatic rings. The molecular weight excluding hydrogens is 450 g/mol. The molecule has 36 heavy (non-hydrogen) atoms. The van der Waals surface area contributed by atoms with Crippen molar-refractivity contribution in [1.29, 1.82) is 0 Å². The third-order valence-electron chi connectivity index (χ3n) is 6.43. The number of benzene rings is 2. The van der Waals surface area contributed by atoms with Crippen LogP contribution in [0.15, 0.2) is 73.3 Å². The fourth-order valence-electron chi connectivity index (χ4n) is 4.29. The van der Waals surface area contributed by atoms with Crippen LogP contribution < -0.4 is 4.90 Å². The maximum absolute atomic E-state index is 13.1. The van der Waals surface area contributed by atoms with Crippen LogP contribution in [0.4, 0.5) is 5.82 Å². The van der Waals surface area contributed by atoms with E-state index in [2.05, 4.69) is 40.7 Å². The van der Waals surface area contributed by atoms with Crippen molar-refractivity contribution in [2.24, 2.45) is 0 Å². The number of anilines is 1. The average molecular weight is 484 g/mol. The minimum atomic E-state index is -0.163. The molecule has 0 atom stereocenters. The Balaban J connectivity index is 1.37. The number of nitrogens with zero attached hydrogens (tertiary/aromatic N) is 5. The summed E-state index contributed by atoms with van der Waals surface area (Å²) in [7, 11) is 0.